The van der Waals surface area contributed by atoms with Crippen molar-refractivity contribution in [3.63, 3.8) is 0 Å². The van der Waals surface area contributed by atoms with E-state index in [1.165, 1.54) is 0 Å². The zero-order valence-corrected chi connectivity index (χ0v) is 10.4. The first-order valence-corrected chi connectivity index (χ1v) is 5.78. The molecule has 1 heterocycles. The SMILES string of the molecule is CCn1ncc(-c2ccccc2C(C)=O)c1C. The van der Waals surface area contributed by atoms with Crippen LogP contribution in [0.15, 0.2) is 30.5 Å². The lowest BCUT2D eigenvalue weighted by molar-refractivity contribution is 0.101. The lowest BCUT2D eigenvalue weighted by atomic mass is 9.98. The summed E-state index contributed by atoms with van der Waals surface area (Å²) < 4.78 is 1.94. The van der Waals surface area contributed by atoms with Crippen LogP contribution >= 0.6 is 0 Å². The van der Waals surface area contributed by atoms with Gasteiger partial charge in [0, 0.05) is 23.4 Å². The van der Waals surface area contributed by atoms with Crippen molar-refractivity contribution in [2.75, 3.05) is 0 Å². The minimum absolute atomic E-state index is 0.0873. The Morgan fingerprint density at radius 1 is 1.29 bits per heavy atom. The number of hydrogen-bond donors (Lipinski definition) is 0. The molecule has 2 aromatic rings. The normalized spacial score (nSPS) is 10.5. The lowest BCUT2D eigenvalue weighted by Crippen LogP contribution is -2.00. The molecular weight excluding hydrogens is 212 g/mol. The van der Waals surface area contributed by atoms with E-state index in [0.29, 0.717) is 0 Å². The summed E-state index contributed by atoms with van der Waals surface area (Å²) in [5.41, 5.74) is 3.86. The lowest BCUT2D eigenvalue weighted by Gasteiger charge is -2.06. The molecule has 0 unspecified atom stereocenters. The Morgan fingerprint density at radius 3 is 2.59 bits per heavy atom. The summed E-state index contributed by atoms with van der Waals surface area (Å²) in [7, 11) is 0. The molecule has 0 aliphatic rings. The van der Waals surface area contributed by atoms with Crippen LogP contribution in [-0.4, -0.2) is 15.6 Å². The molecule has 17 heavy (non-hydrogen) atoms. The standard InChI is InChI=1S/C14H16N2O/c1-4-16-10(2)14(9-15-16)13-8-6-5-7-12(13)11(3)17/h5-9H,4H2,1-3H3. The minimum Gasteiger partial charge on any atom is -0.294 e. The molecule has 3 nitrogen and oxygen atoms in total. The van der Waals surface area contributed by atoms with Crippen molar-refractivity contribution >= 4 is 5.78 Å². The van der Waals surface area contributed by atoms with Gasteiger partial charge in [0.25, 0.3) is 0 Å². The predicted molar refractivity (Wildman–Crippen MR) is 68.1 cm³/mol. The molecular formula is C14H16N2O. The molecule has 0 bridgehead atoms. The third-order valence-electron chi connectivity index (χ3n) is 3.00. The molecule has 0 spiro atoms. The molecule has 0 N–H and O–H groups in total. The highest BCUT2D eigenvalue weighted by molar-refractivity contribution is 6.00. The van der Waals surface area contributed by atoms with E-state index in [1.807, 2.05) is 42.1 Å². The number of rotatable bonds is 3. The van der Waals surface area contributed by atoms with Gasteiger partial charge < -0.3 is 0 Å². The van der Waals surface area contributed by atoms with E-state index in [2.05, 4.69) is 12.0 Å². The zero-order valence-electron chi connectivity index (χ0n) is 10.4. The van der Waals surface area contributed by atoms with Gasteiger partial charge in [-0.05, 0) is 26.3 Å². The van der Waals surface area contributed by atoms with Crippen LogP contribution in [0.3, 0.4) is 0 Å². The Balaban J connectivity index is 2.60. The van der Waals surface area contributed by atoms with E-state index >= 15 is 0 Å². The van der Waals surface area contributed by atoms with Crippen molar-refractivity contribution < 1.29 is 4.79 Å². The third-order valence-corrected chi connectivity index (χ3v) is 3.00. The van der Waals surface area contributed by atoms with Crippen LogP contribution in [-0.2, 0) is 6.54 Å². The fourth-order valence-electron chi connectivity index (χ4n) is 2.05. The maximum atomic E-state index is 11.6. The summed E-state index contributed by atoms with van der Waals surface area (Å²) in [5.74, 6) is 0.0873. The van der Waals surface area contributed by atoms with Crippen LogP contribution in [0.4, 0.5) is 0 Å². The molecule has 0 amide bonds. The Labute approximate surface area is 101 Å². The minimum atomic E-state index is 0.0873. The van der Waals surface area contributed by atoms with E-state index in [9.17, 15) is 4.79 Å². The van der Waals surface area contributed by atoms with E-state index in [1.54, 1.807) is 6.92 Å². The van der Waals surface area contributed by atoms with Gasteiger partial charge in [0.2, 0.25) is 0 Å². The number of carbonyl (C=O) groups excluding carboxylic acids is 1. The average molecular weight is 228 g/mol. The van der Waals surface area contributed by atoms with Gasteiger partial charge in [0.05, 0.1) is 6.20 Å². The zero-order chi connectivity index (χ0) is 12.4. The van der Waals surface area contributed by atoms with E-state index in [4.69, 9.17) is 0 Å². The van der Waals surface area contributed by atoms with E-state index in [-0.39, 0.29) is 5.78 Å². The average Bonchev–Trinajstić information content (AvgIpc) is 2.70. The number of aromatic nitrogens is 2. The largest absolute Gasteiger partial charge is 0.294 e. The number of nitrogens with zero attached hydrogens (tertiary/aromatic N) is 2. The molecule has 0 fully saturated rings. The second-order valence-electron chi connectivity index (χ2n) is 4.06. The van der Waals surface area contributed by atoms with Crippen LogP contribution < -0.4 is 0 Å². The topological polar surface area (TPSA) is 34.9 Å². The van der Waals surface area contributed by atoms with Crippen molar-refractivity contribution in [1.29, 1.82) is 0 Å². The molecule has 0 radical (unpaired) electrons. The van der Waals surface area contributed by atoms with Crippen LogP contribution in [0.25, 0.3) is 11.1 Å². The van der Waals surface area contributed by atoms with Crippen LogP contribution in [0.2, 0.25) is 0 Å². The maximum absolute atomic E-state index is 11.6. The fourth-order valence-corrected chi connectivity index (χ4v) is 2.05. The summed E-state index contributed by atoms with van der Waals surface area (Å²) in [6.45, 7) is 6.52. The summed E-state index contributed by atoms with van der Waals surface area (Å²) >= 11 is 0. The highest BCUT2D eigenvalue weighted by atomic mass is 16.1. The molecule has 0 aliphatic heterocycles. The van der Waals surface area contributed by atoms with Crippen molar-refractivity contribution in [1.82, 2.24) is 9.78 Å². The number of carbonyl (C=O) groups is 1. The summed E-state index contributed by atoms with van der Waals surface area (Å²) in [6.07, 6.45) is 1.83. The monoisotopic (exact) mass is 228 g/mol. The van der Waals surface area contributed by atoms with Crippen molar-refractivity contribution in [3.05, 3.63) is 41.7 Å². The second kappa shape index (κ2) is 4.53. The molecule has 1 aromatic heterocycles. The van der Waals surface area contributed by atoms with Crippen LogP contribution in [0.1, 0.15) is 29.9 Å². The quantitative estimate of drug-likeness (QED) is 0.757. The highest BCUT2D eigenvalue weighted by Gasteiger charge is 2.13. The van der Waals surface area contributed by atoms with Crippen molar-refractivity contribution in [3.8, 4) is 11.1 Å². The molecule has 0 atom stereocenters. The number of aryl methyl sites for hydroxylation is 1. The highest BCUT2D eigenvalue weighted by Crippen LogP contribution is 2.26. The van der Waals surface area contributed by atoms with E-state index < -0.39 is 0 Å². The van der Waals surface area contributed by atoms with E-state index in [0.717, 1.165) is 28.9 Å². The molecule has 2 rings (SSSR count). The van der Waals surface area contributed by atoms with Gasteiger partial charge in [0.1, 0.15) is 0 Å². The first kappa shape index (κ1) is 11.6. The number of benzene rings is 1. The van der Waals surface area contributed by atoms with Crippen molar-refractivity contribution in [2.45, 2.75) is 27.3 Å². The van der Waals surface area contributed by atoms with Gasteiger partial charge in [-0.25, -0.2) is 0 Å². The second-order valence-corrected chi connectivity index (χ2v) is 4.06. The number of hydrogen-bond acceptors (Lipinski definition) is 2. The number of ketones is 1. The fraction of sp³-hybridized carbons (Fsp3) is 0.286. The molecule has 0 aliphatic carbocycles. The van der Waals surface area contributed by atoms with Gasteiger partial charge in [-0.15, -0.1) is 0 Å². The smallest absolute Gasteiger partial charge is 0.160 e. The molecule has 0 saturated carbocycles. The summed E-state index contributed by atoms with van der Waals surface area (Å²) in [4.78, 5) is 11.6. The third kappa shape index (κ3) is 2.00. The number of Topliss-reactive ketones (excluding diaryl/α,β-unsaturated/α-hetero) is 1. The Hall–Kier alpha value is -1.90. The molecule has 1 aromatic carbocycles. The van der Waals surface area contributed by atoms with Gasteiger partial charge in [0.15, 0.2) is 5.78 Å². The molecule has 0 saturated heterocycles. The van der Waals surface area contributed by atoms with Gasteiger partial charge in [-0.2, -0.15) is 5.10 Å². The maximum Gasteiger partial charge on any atom is 0.160 e. The summed E-state index contributed by atoms with van der Waals surface area (Å²) in [6, 6.07) is 7.67. The van der Waals surface area contributed by atoms with Gasteiger partial charge in [-0.3, -0.25) is 9.48 Å². The predicted octanol–water partition coefficient (Wildman–Crippen LogP) is 3.08. The molecule has 3 heteroatoms. The first-order chi connectivity index (χ1) is 8.15. The Bertz CT molecular complexity index is 555. The van der Waals surface area contributed by atoms with Crippen LogP contribution in [0.5, 0.6) is 0 Å². The first-order valence-electron chi connectivity index (χ1n) is 5.78. The van der Waals surface area contributed by atoms with Crippen LogP contribution in [0, 0.1) is 6.92 Å². The molecule has 88 valence electrons. The summed E-state index contributed by atoms with van der Waals surface area (Å²) in [5, 5.41) is 4.32. The van der Waals surface area contributed by atoms with Gasteiger partial charge >= 0.3 is 0 Å². The Kier molecular flexibility index (Phi) is 3.09. The van der Waals surface area contributed by atoms with Gasteiger partial charge in [-0.1, -0.05) is 24.3 Å². The Morgan fingerprint density at radius 2 is 2.00 bits per heavy atom. The van der Waals surface area contributed by atoms with Crippen molar-refractivity contribution in [2.24, 2.45) is 0 Å².